The third-order valence-electron chi connectivity index (χ3n) is 3.96. The van der Waals surface area contributed by atoms with E-state index in [0.29, 0.717) is 18.1 Å². The van der Waals surface area contributed by atoms with E-state index < -0.39 is 0 Å². The van der Waals surface area contributed by atoms with Crippen molar-refractivity contribution in [3.8, 4) is 0 Å². The highest BCUT2D eigenvalue weighted by atomic mass is 79.9. The summed E-state index contributed by atoms with van der Waals surface area (Å²) >= 11 is 0. The van der Waals surface area contributed by atoms with E-state index in [1.807, 2.05) is 53.4 Å². The Morgan fingerprint density at radius 3 is 2.52 bits per heavy atom. The maximum absolute atomic E-state index is 12.8. The lowest BCUT2D eigenvalue weighted by Crippen LogP contribution is -2.36. The summed E-state index contributed by atoms with van der Waals surface area (Å²) in [6.07, 6.45) is 0. The molecule has 5 heteroatoms. The van der Waals surface area contributed by atoms with E-state index in [4.69, 9.17) is 5.73 Å². The summed E-state index contributed by atoms with van der Waals surface area (Å²) in [5.74, 6) is 0.533. The van der Waals surface area contributed by atoms with Crippen molar-refractivity contribution in [2.75, 3.05) is 11.4 Å². The molecule has 0 spiro atoms. The van der Waals surface area contributed by atoms with Crippen LogP contribution in [0.5, 0.6) is 0 Å². The van der Waals surface area contributed by atoms with E-state index in [2.05, 4.69) is 4.99 Å². The topological polar surface area (TPSA) is 58.7 Å². The number of aliphatic imine (C=N–C) groups is 1. The van der Waals surface area contributed by atoms with Gasteiger partial charge in [-0.3, -0.25) is 9.79 Å². The Balaban J connectivity index is 0.00000132. The molecule has 1 atom stereocenters. The van der Waals surface area contributed by atoms with Gasteiger partial charge in [0.2, 0.25) is 0 Å². The van der Waals surface area contributed by atoms with Gasteiger partial charge in [0.25, 0.3) is 0 Å². The fourth-order valence-corrected chi connectivity index (χ4v) is 3.04. The van der Waals surface area contributed by atoms with Crippen molar-refractivity contribution in [2.24, 2.45) is 10.7 Å². The predicted octanol–water partition coefficient (Wildman–Crippen LogP) is 2.68. The zero-order valence-corrected chi connectivity index (χ0v) is 12.9. The molecule has 0 aliphatic carbocycles. The predicted molar refractivity (Wildman–Crippen MR) is 88.3 cm³/mol. The molecule has 1 unspecified atom stereocenters. The third-order valence-corrected chi connectivity index (χ3v) is 3.96. The SMILES string of the molecule is Br.NC1=NCC2c3ccccc3C(=O)c3ccccc3N12. The van der Waals surface area contributed by atoms with Crippen LogP contribution >= 0.6 is 17.0 Å². The average Bonchev–Trinajstić information content (AvgIpc) is 2.83. The van der Waals surface area contributed by atoms with Gasteiger partial charge in [-0.1, -0.05) is 36.4 Å². The van der Waals surface area contributed by atoms with Crippen LogP contribution in [0.1, 0.15) is 27.5 Å². The summed E-state index contributed by atoms with van der Waals surface area (Å²) < 4.78 is 0. The lowest BCUT2D eigenvalue weighted by molar-refractivity contribution is 0.103. The van der Waals surface area contributed by atoms with Gasteiger partial charge in [0.05, 0.1) is 18.3 Å². The van der Waals surface area contributed by atoms with Crippen molar-refractivity contribution in [1.82, 2.24) is 0 Å². The second-order valence-corrected chi connectivity index (χ2v) is 5.02. The van der Waals surface area contributed by atoms with Gasteiger partial charge >= 0.3 is 0 Å². The maximum Gasteiger partial charge on any atom is 0.196 e. The van der Waals surface area contributed by atoms with Crippen molar-refractivity contribution in [3.05, 3.63) is 65.2 Å². The van der Waals surface area contributed by atoms with Crippen LogP contribution in [0.3, 0.4) is 0 Å². The number of fused-ring (bicyclic) bond motifs is 5. The molecule has 2 aromatic rings. The summed E-state index contributed by atoms with van der Waals surface area (Å²) in [7, 11) is 0. The number of guanidine groups is 1. The number of halogens is 1. The van der Waals surface area contributed by atoms with E-state index in [0.717, 1.165) is 16.8 Å². The number of nitrogens with zero attached hydrogens (tertiary/aromatic N) is 2. The number of nitrogens with two attached hydrogens (primary N) is 1. The van der Waals surface area contributed by atoms with Gasteiger partial charge in [-0.15, -0.1) is 17.0 Å². The van der Waals surface area contributed by atoms with Crippen LogP contribution in [0.4, 0.5) is 5.69 Å². The van der Waals surface area contributed by atoms with Crippen LogP contribution in [0, 0.1) is 0 Å². The van der Waals surface area contributed by atoms with Crippen LogP contribution in [-0.4, -0.2) is 18.3 Å². The van der Waals surface area contributed by atoms with Crippen molar-refractivity contribution >= 4 is 34.4 Å². The molecule has 2 heterocycles. The molecule has 21 heavy (non-hydrogen) atoms. The van der Waals surface area contributed by atoms with Crippen molar-refractivity contribution in [1.29, 1.82) is 0 Å². The third kappa shape index (κ3) is 1.88. The minimum absolute atomic E-state index is 0. The highest BCUT2D eigenvalue weighted by molar-refractivity contribution is 8.93. The fraction of sp³-hybridized carbons (Fsp3) is 0.125. The first-order valence-electron chi connectivity index (χ1n) is 6.59. The molecule has 2 aromatic carbocycles. The summed E-state index contributed by atoms with van der Waals surface area (Å²) in [6, 6.07) is 15.3. The first-order chi connectivity index (χ1) is 9.77. The smallest absolute Gasteiger partial charge is 0.196 e. The maximum atomic E-state index is 12.8. The number of benzene rings is 2. The van der Waals surface area contributed by atoms with Crippen molar-refractivity contribution in [3.63, 3.8) is 0 Å². The van der Waals surface area contributed by atoms with Crippen LogP contribution in [0.25, 0.3) is 0 Å². The van der Waals surface area contributed by atoms with E-state index in [9.17, 15) is 4.79 Å². The zero-order chi connectivity index (χ0) is 13.7. The normalized spacial score (nSPS) is 18.9. The standard InChI is InChI=1S/C16H13N3O.BrH/c17-16-18-9-14-10-5-1-2-6-11(10)15(20)12-7-3-4-8-13(12)19(14)16;/h1-8,14H,9H2,(H2,17,18);1H. The molecule has 106 valence electrons. The molecule has 2 aliphatic heterocycles. The van der Waals surface area contributed by atoms with Gasteiger partial charge < -0.3 is 10.6 Å². The molecule has 4 nitrogen and oxygen atoms in total. The van der Waals surface area contributed by atoms with Crippen molar-refractivity contribution in [2.45, 2.75) is 6.04 Å². The molecule has 0 aromatic heterocycles. The van der Waals surface area contributed by atoms with Crippen molar-refractivity contribution < 1.29 is 4.79 Å². The van der Waals surface area contributed by atoms with Gasteiger partial charge in [0.15, 0.2) is 11.7 Å². The molecule has 4 rings (SSSR count). The van der Waals surface area contributed by atoms with Crippen LogP contribution < -0.4 is 10.6 Å². The van der Waals surface area contributed by atoms with Crippen LogP contribution in [0.2, 0.25) is 0 Å². The van der Waals surface area contributed by atoms with E-state index in [1.54, 1.807) is 0 Å². The van der Waals surface area contributed by atoms with Crippen LogP contribution in [-0.2, 0) is 0 Å². The highest BCUT2D eigenvalue weighted by Gasteiger charge is 2.36. The second-order valence-electron chi connectivity index (χ2n) is 5.02. The Morgan fingerprint density at radius 1 is 1.05 bits per heavy atom. The number of ketones is 1. The van der Waals surface area contributed by atoms with Gasteiger partial charge in [0, 0.05) is 11.1 Å². The number of carbonyl (C=O) groups excluding carboxylic acids is 1. The van der Waals surface area contributed by atoms with Gasteiger partial charge in [-0.2, -0.15) is 0 Å². The minimum Gasteiger partial charge on any atom is -0.369 e. The minimum atomic E-state index is 0. The second kappa shape index (κ2) is 5.00. The van der Waals surface area contributed by atoms with Crippen LogP contribution in [0.15, 0.2) is 53.5 Å². The number of carbonyl (C=O) groups is 1. The molecule has 0 radical (unpaired) electrons. The molecular weight excluding hydrogens is 330 g/mol. The summed E-state index contributed by atoms with van der Waals surface area (Å²) in [4.78, 5) is 19.1. The first-order valence-corrected chi connectivity index (χ1v) is 6.59. The van der Waals surface area contributed by atoms with Gasteiger partial charge in [0.1, 0.15) is 0 Å². The quantitative estimate of drug-likeness (QED) is 0.799. The summed E-state index contributed by atoms with van der Waals surface area (Å²) in [6.45, 7) is 0.588. The first kappa shape index (κ1) is 13.8. The zero-order valence-electron chi connectivity index (χ0n) is 11.2. The Hall–Kier alpha value is -2.14. The lowest BCUT2D eigenvalue weighted by Gasteiger charge is -2.26. The largest absolute Gasteiger partial charge is 0.369 e. The van der Waals surface area contributed by atoms with E-state index in [1.165, 1.54) is 0 Å². The molecule has 0 saturated carbocycles. The van der Waals surface area contributed by atoms with Gasteiger partial charge in [-0.05, 0) is 17.7 Å². The molecule has 2 aliphatic rings. The number of hydrogen-bond donors (Lipinski definition) is 1. The van der Waals surface area contributed by atoms with E-state index in [-0.39, 0.29) is 28.8 Å². The average molecular weight is 344 g/mol. The molecule has 0 bridgehead atoms. The monoisotopic (exact) mass is 343 g/mol. The molecule has 0 saturated heterocycles. The Morgan fingerprint density at radius 2 is 1.71 bits per heavy atom. The number of anilines is 1. The highest BCUT2D eigenvalue weighted by Crippen LogP contribution is 2.39. The molecule has 0 amide bonds. The summed E-state index contributed by atoms with van der Waals surface area (Å²) in [5, 5.41) is 0. The number of hydrogen-bond acceptors (Lipinski definition) is 4. The Bertz CT molecular complexity index is 757. The Labute approximate surface area is 133 Å². The molecular formula is C16H14BrN3O. The molecule has 2 N–H and O–H groups in total. The Kier molecular flexibility index (Phi) is 3.29. The lowest BCUT2D eigenvalue weighted by atomic mass is 9.96. The number of rotatable bonds is 0. The number of para-hydroxylation sites is 1. The molecule has 0 fully saturated rings. The summed E-state index contributed by atoms with van der Waals surface area (Å²) in [5.41, 5.74) is 9.31. The van der Waals surface area contributed by atoms with Gasteiger partial charge in [-0.25, -0.2) is 0 Å². The van der Waals surface area contributed by atoms with E-state index >= 15 is 0 Å². The fourth-order valence-electron chi connectivity index (χ4n) is 3.04.